The minimum atomic E-state index is -0.233. The summed E-state index contributed by atoms with van der Waals surface area (Å²) in [6, 6.07) is 0. The van der Waals surface area contributed by atoms with Gasteiger partial charge >= 0.3 is 0 Å². The van der Waals surface area contributed by atoms with Gasteiger partial charge in [-0.05, 0) is 19.4 Å². The third-order valence-electron chi connectivity index (χ3n) is 1.33. The molecule has 0 fully saturated rings. The molecular weight excluding hydrogens is 116 g/mol. The highest BCUT2D eigenvalue weighted by atomic mass is 16.1. The Hall–Kier alpha value is -0.570. The molecule has 1 amide bonds. The summed E-state index contributed by atoms with van der Waals surface area (Å²) in [6.07, 6.45) is 1.69. The van der Waals surface area contributed by atoms with Crippen LogP contribution in [0.15, 0.2) is 0 Å². The van der Waals surface area contributed by atoms with Crippen molar-refractivity contribution >= 4 is 5.91 Å². The fourth-order valence-electron chi connectivity index (χ4n) is 0.566. The van der Waals surface area contributed by atoms with Gasteiger partial charge in [0.1, 0.15) is 0 Å². The van der Waals surface area contributed by atoms with Crippen molar-refractivity contribution in [3.05, 3.63) is 0 Å². The zero-order valence-corrected chi connectivity index (χ0v) is 5.76. The van der Waals surface area contributed by atoms with Crippen LogP contribution in [0.25, 0.3) is 0 Å². The van der Waals surface area contributed by atoms with Gasteiger partial charge in [0.2, 0.25) is 5.91 Å². The van der Waals surface area contributed by atoms with E-state index in [1.807, 2.05) is 6.92 Å². The van der Waals surface area contributed by atoms with E-state index in [1.54, 1.807) is 0 Å². The van der Waals surface area contributed by atoms with Gasteiger partial charge in [-0.25, -0.2) is 0 Å². The van der Waals surface area contributed by atoms with Crippen LogP contribution in [0.4, 0.5) is 0 Å². The number of rotatable bonds is 4. The normalized spacial score (nSPS) is 13.1. The Morgan fingerprint density at radius 2 is 2.22 bits per heavy atom. The van der Waals surface area contributed by atoms with Crippen molar-refractivity contribution in [2.45, 2.75) is 19.8 Å². The second-order valence-electron chi connectivity index (χ2n) is 2.23. The molecule has 0 aromatic heterocycles. The van der Waals surface area contributed by atoms with Gasteiger partial charge in [-0.15, -0.1) is 0 Å². The van der Waals surface area contributed by atoms with Gasteiger partial charge in [0.15, 0.2) is 0 Å². The SMILES string of the molecule is C[C@H](CCCN)C(N)=O. The molecule has 1 atom stereocenters. The third-order valence-corrected chi connectivity index (χ3v) is 1.33. The first-order valence-electron chi connectivity index (χ1n) is 3.18. The highest BCUT2D eigenvalue weighted by Crippen LogP contribution is 2.01. The van der Waals surface area contributed by atoms with Crippen LogP contribution in [-0.2, 0) is 4.79 Å². The maximum Gasteiger partial charge on any atom is 0.220 e. The van der Waals surface area contributed by atoms with Crippen molar-refractivity contribution in [1.29, 1.82) is 0 Å². The van der Waals surface area contributed by atoms with Crippen LogP contribution in [0.2, 0.25) is 0 Å². The molecule has 4 N–H and O–H groups in total. The number of nitrogens with two attached hydrogens (primary N) is 2. The van der Waals surface area contributed by atoms with E-state index in [1.165, 1.54) is 0 Å². The molecule has 0 aromatic carbocycles. The lowest BCUT2D eigenvalue weighted by Gasteiger charge is -2.03. The monoisotopic (exact) mass is 130 g/mol. The van der Waals surface area contributed by atoms with E-state index in [-0.39, 0.29) is 11.8 Å². The van der Waals surface area contributed by atoms with Crippen LogP contribution in [0.5, 0.6) is 0 Å². The first-order valence-corrected chi connectivity index (χ1v) is 3.18. The van der Waals surface area contributed by atoms with E-state index in [0.717, 1.165) is 12.8 Å². The minimum absolute atomic E-state index is 0.0199. The van der Waals surface area contributed by atoms with E-state index in [4.69, 9.17) is 11.5 Å². The molecule has 0 spiro atoms. The van der Waals surface area contributed by atoms with E-state index in [9.17, 15) is 4.79 Å². The summed E-state index contributed by atoms with van der Waals surface area (Å²) in [7, 11) is 0. The zero-order chi connectivity index (χ0) is 7.28. The van der Waals surface area contributed by atoms with Crippen LogP contribution in [0.1, 0.15) is 19.8 Å². The van der Waals surface area contributed by atoms with Gasteiger partial charge in [-0.1, -0.05) is 6.92 Å². The summed E-state index contributed by atoms with van der Waals surface area (Å²) >= 11 is 0. The van der Waals surface area contributed by atoms with E-state index in [0.29, 0.717) is 6.54 Å². The Kier molecular flexibility index (Phi) is 4.05. The van der Waals surface area contributed by atoms with Crippen LogP contribution >= 0.6 is 0 Å². The number of carbonyl (C=O) groups excluding carboxylic acids is 1. The minimum Gasteiger partial charge on any atom is -0.369 e. The summed E-state index contributed by atoms with van der Waals surface area (Å²) in [4.78, 5) is 10.4. The van der Waals surface area contributed by atoms with Crippen molar-refractivity contribution in [2.24, 2.45) is 17.4 Å². The predicted molar refractivity (Wildman–Crippen MR) is 36.6 cm³/mol. The maximum absolute atomic E-state index is 10.4. The molecule has 0 bridgehead atoms. The third kappa shape index (κ3) is 3.97. The lowest BCUT2D eigenvalue weighted by atomic mass is 10.1. The van der Waals surface area contributed by atoms with Gasteiger partial charge in [-0.2, -0.15) is 0 Å². The molecule has 54 valence electrons. The van der Waals surface area contributed by atoms with Gasteiger partial charge in [0.05, 0.1) is 0 Å². The molecule has 3 heteroatoms. The molecule has 0 saturated carbocycles. The van der Waals surface area contributed by atoms with Crippen LogP contribution in [-0.4, -0.2) is 12.5 Å². The predicted octanol–water partition coefficient (Wildman–Crippen LogP) is -0.153. The smallest absolute Gasteiger partial charge is 0.220 e. The molecule has 0 saturated heterocycles. The zero-order valence-electron chi connectivity index (χ0n) is 5.76. The summed E-state index contributed by atoms with van der Waals surface area (Å²) in [5, 5.41) is 0. The maximum atomic E-state index is 10.4. The van der Waals surface area contributed by atoms with Crippen molar-refractivity contribution in [3.63, 3.8) is 0 Å². The molecule has 9 heavy (non-hydrogen) atoms. The van der Waals surface area contributed by atoms with Crippen molar-refractivity contribution in [3.8, 4) is 0 Å². The van der Waals surface area contributed by atoms with Gasteiger partial charge in [0.25, 0.3) is 0 Å². The summed E-state index contributed by atoms with van der Waals surface area (Å²) in [5.74, 6) is -0.253. The van der Waals surface area contributed by atoms with Crippen molar-refractivity contribution in [2.75, 3.05) is 6.54 Å². The fraction of sp³-hybridized carbons (Fsp3) is 0.833. The molecule has 3 nitrogen and oxygen atoms in total. The molecule has 0 unspecified atom stereocenters. The molecule has 0 aliphatic rings. The average Bonchev–Trinajstić information content (AvgIpc) is 1.82. The Bertz CT molecular complexity index is 93.1. The van der Waals surface area contributed by atoms with Gasteiger partial charge < -0.3 is 11.5 Å². The van der Waals surface area contributed by atoms with Crippen molar-refractivity contribution < 1.29 is 4.79 Å². The molecular formula is C6H14N2O. The number of primary amides is 1. The highest BCUT2D eigenvalue weighted by Gasteiger charge is 2.05. The lowest BCUT2D eigenvalue weighted by Crippen LogP contribution is -2.21. The first kappa shape index (κ1) is 8.43. The second-order valence-corrected chi connectivity index (χ2v) is 2.23. The Morgan fingerprint density at radius 3 is 2.56 bits per heavy atom. The molecule has 0 radical (unpaired) electrons. The van der Waals surface area contributed by atoms with E-state index < -0.39 is 0 Å². The molecule has 0 aromatic rings. The number of carbonyl (C=O) groups is 1. The Balaban J connectivity index is 3.27. The number of hydrogen-bond acceptors (Lipinski definition) is 2. The summed E-state index contributed by atoms with van der Waals surface area (Å²) in [5.41, 5.74) is 10.2. The standard InChI is InChI=1S/C6H14N2O/c1-5(6(8)9)3-2-4-7/h5H,2-4,7H2,1H3,(H2,8,9)/t5-/m1/s1. The second kappa shape index (κ2) is 4.32. The fourth-order valence-corrected chi connectivity index (χ4v) is 0.566. The quantitative estimate of drug-likeness (QED) is 0.555. The van der Waals surface area contributed by atoms with Gasteiger partial charge in [0, 0.05) is 5.92 Å². The van der Waals surface area contributed by atoms with Crippen molar-refractivity contribution in [1.82, 2.24) is 0 Å². The summed E-state index contributed by atoms with van der Waals surface area (Å²) < 4.78 is 0. The first-order chi connectivity index (χ1) is 4.18. The molecule has 0 rings (SSSR count). The summed E-state index contributed by atoms with van der Waals surface area (Å²) in [6.45, 7) is 2.45. The molecule has 0 aliphatic carbocycles. The number of amides is 1. The Labute approximate surface area is 55.4 Å². The lowest BCUT2D eigenvalue weighted by molar-refractivity contribution is -0.121. The average molecular weight is 130 g/mol. The molecule has 0 heterocycles. The highest BCUT2D eigenvalue weighted by molar-refractivity contribution is 5.76. The topological polar surface area (TPSA) is 69.1 Å². The Morgan fingerprint density at radius 1 is 1.67 bits per heavy atom. The van der Waals surface area contributed by atoms with Gasteiger partial charge in [-0.3, -0.25) is 4.79 Å². The van der Waals surface area contributed by atoms with Crippen LogP contribution < -0.4 is 11.5 Å². The van der Waals surface area contributed by atoms with Crippen LogP contribution in [0, 0.1) is 5.92 Å². The van der Waals surface area contributed by atoms with E-state index >= 15 is 0 Å². The number of hydrogen-bond donors (Lipinski definition) is 2. The largest absolute Gasteiger partial charge is 0.369 e. The van der Waals surface area contributed by atoms with Crippen LogP contribution in [0.3, 0.4) is 0 Å². The van der Waals surface area contributed by atoms with E-state index in [2.05, 4.69) is 0 Å². The molecule has 0 aliphatic heterocycles.